The maximum atomic E-state index is 11.9. The van der Waals surface area contributed by atoms with Gasteiger partial charge in [-0.05, 0) is 24.8 Å². The number of guanidine groups is 1. The van der Waals surface area contributed by atoms with Crippen LogP contribution in [0.5, 0.6) is 0 Å². The Morgan fingerprint density at radius 2 is 2.29 bits per heavy atom. The van der Waals surface area contributed by atoms with Gasteiger partial charge >= 0.3 is 0 Å². The lowest BCUT2D eigenvalue weighted by Crippen LogP contribution is -2.49. The van der Waals surface area contributed by atoms with Gasteiger partial charge in [0.15, 0.2) is 5.96 Å². The van der Waals surface area contributed by atoms with Crippen molar-refractivity contribution >= 4 is 23.2 Å². The SMILES string of the molecule is CCC(=O)N1CCC(NC(=NC)NCC(c2cccs2)N2CCOC(C)C2)C1. The minimum Gasteiger partial charge on any atom is -0.376 e. The zero-order chi connectivity index (χ0) is 19.9. The molecule has 3 rings (SSSR count). The van der Waals surface area contributed by atoms with Crippen molar-refractivity contribution in [2.24, 2.45) is 4.99 Å². The van der Waals surface area contributed by atoms with Crippen molar-refractivity contribution in [2.45, 2.75) is 44.9 Å². The first kappa shape index (κ1) is 21.1. The average Bonchev–Trinajstić information content (AvgIpc) is 3.39. The zero-order valence-corrected chi connectivity index (χ0v) is 18.0. The van der Waals surface area contributed by atoms with E-state index in [2.05, 4.69) is 45.0 Å². The average molecular weight is 408 g/mol. The number of amides is 1. The third-order valence-corrected chi connectivity index (χ3v) is 6.43. The van der Waals surface area contributed by atoms with Gasteiger partial charge in [-0.3, -0.25) is 14.7 Å². The first-order valence-corrected chi connectivity index (χ1v) is 11.1. The number of ether oxygens (including phenoxy) is 1. The molecule has 28 heavy (non-hydrogen) atoms. The summed E-state index contributed by atoms with van der Waals surface area (Å²) in [5, 5.41) is 9.14. The lowest BCUT2D eigenvalue weighted by atomic mass is 10.1. The van der Waals surface area contributed by atoms with Gasteiger partial charge in [-0.15, -0.1) is 11.3 Å². The maximum Gasteiger partial charge on any atom is 0.222 e. The van der Waals surface area contributed by atoms with Crippen LogP contribution in [0.1, 0.15) is 37.6 Å². The van der Waals surface area contributed by atoms with Gasteiger partial charge in [-0.2, -0.15) is 0 Å². The normalized spacial score (nSPS) is 25.0. The number of nitrogens with zero attached hydrogens (tertiary/aromatic N) is 3. The molecular formula is C20H33N5O2S. The fraction of sp³-hybridized carbons (Fsp3) is 0.700. The van der Waals surface area contributed by atoms with Gasteiger partial charge in [-0.1, -0.05) is 13.0 Å². The molecule has 3 atom stereocenters. The molecule has 7 nitrogen and oxygen atoms in total. The number of likely N-dealkylation sites (tertiary alicyclic amines) is 1. The Kier molecular flexibility index (Phi) is 7.70. The zero-order valence-electron chi connectivity index (χ0n) is 17.2. The molecule has 2 aliphatic rings. The molecule has 3 unspecified atom stereocenters. The predicted octanol–water partition coefficient (Wildman–Crippen LogP) is 1.69. The van der Waals surface area contributed by atoms with E-state index >= 15 is 0 Å². The van der Waals surface area contributed by atoms with Gasteiger partial charge < -0.3 is 20.3 Å². The van der Waals surface area contributed by atoms with Crippen molar-refractivity contribution in [3.05, 3.63) is 22.4 Å². The van der Waals surface area contributed by atoms with Crippen LogP contribution >= 0.6 is 11.3 Å². The molecule has 2 fully saturated rings. The molecule has 1 aromatic rings. The van der Waals surface area contributed by atoms with Gasteiger partial charge in [0.05, 0.1) is 18.8 Å². The topological polar surface area (TPSA) is 69.2 Å². The lowest BCUT2D eigenvalue weighted by Gasteiger charge is -2.37. The van der Waals surface area contributed by atoms with Crippen molar-refractivity contribution in [1.29, 1.82) is 0 Å². The summed E-state index contributed by atoms with van der Waals surface area (Å²) in [6.07, 6.45) is 1.79. The molecule has 8 heteroatoms. The molecule has 2 saturated heterocycles. The van der Waals surface area contributed by atoms with E-state index in [1.165, 1.54) is 4.88 Å². The number of nitrogens with one attached hydrogen (secondary N) is 2. The van der Waals surface area contributed by atoms with Crippen LogP contribution in [0.3, 0.4) is 0 Å². The molecule has 0 saturated carbocycles. The van der Waals surface area contributed by atoms with Crippen LogP contribution in [0.2, 0.25) is 0 Å². The Bertz CT molecular complexity index is 651. The largest absolute Gasteiger partial charge is 0.376 e. The van der Waals surface area contributed by atoms with Crippen LogP contribution in [0.25, 0.3) is 0 Å². The van der Waals surface area contributed by atoms with Crippen LogP contribution in [0.4, 0.5) is 0 Å². The minimum absolute atomic E-state index is 0.228. The van der Waals surface area contributed by atoms with E-state index in [4.69, 9.17) is 4.74 Å². The lowest BCUT2D eigenvalue weighted by molar-refractivity contribution is -0.129. The number of carbonyl (C=O) groups excluding carboxylic acids is 1. The smallest absolute Gasteiger partial charge is 0.222 e. The van der Waals surface area contributed by atoms with Crippen molar-refractivity contribution in [2.75, 3.05) is 46.4 Å². The highest BCUT2D eigenvalue weighted by Gasteiger charge is 2.28. The Morgan fingerprint density at radius 3 is 2.96 bits per heavy atom. The van der Waals surface area contributed by atoms with Crippen molar-refractivity contribution in [3.63, 3.8) is 0 Å². The maximum absolute atomic E-state index is 11.9. The highest BCUT2D eigenvalue weighted by Crippen LogP contribution is 2.26. The number of aliphatic imine (C=N–C) groups is 1. The first-order valence-electron chi connectivity index (χ1n) is 10.2. The third kappa shape index (κ3) is 5.46. The summed E-state index contributed by atoms with van der Waals surface area (Å²) >= 11 is 1.80. The quantitative estimate of drug-likeness (QED) is 0.555. The van der Waals surface area contributed by atoms with E-state index in [-0.39, 0.29) is 18.1 Å². The molecule has 1 amide bonds. The second-order valence-corrected chi connectivity index (χ2v) is 8.46. The van der Waals surface area contributed by atoms with Gasteiger partial charge in [0.25, 0.3) is 0 Å². The summed E-state index contributed by atoms with van der Waals surface area (Å²) < 4.78 is 5.72. The van der Waals surface area contributed by atoms with E-state index in [0.717, 1.165) is 51.7 Å². The summed E-state index contributed by atoms with van der Waals surface area (Å²) in [6.45, 7) is 9.07. The number of rotatable bonds is 6. The van der Waals surface area contributed by atoms with E-state index in [9.17, 15) is 4.79 Å². The van der Waals surface area contributed by atoms with Crippen LogP contribution in [-0.2, 0) is 9.53 Å². The van der Waals surface area contributed by atoms with Crippen molar-refractivity contribution < 1.29 is 9.53 Å². The summed E-state index contributed by atoms with van der Waals surface area (Å²) in [5.41, 5.74) is 0. The number of hydrogen-bond donors (Lipinski definition) is 2. The van der Waals surface area contributed by atoms with Crippen LogP contribution in [0.15, 0.2) is 22.5 Å². The van der Waals surface area contributed by atoms with Gasteiger partial charge in [0, 0.05) is 57.1 Å². The van der Waals surface area contributed by atoms with Gasteiger partial charge in [0.1, 0.15) is 0 Å². The predicted molar refractivity (Wildman–Crippen MR) is 114 cm³/mol. The summed E-state index contributed by atoms with van der Waals surface area (Å²) in [5.74, 6) is 1.03. The molecule has 0 aliphatic carbocycles. The Morgan fingerprint density at radius 1 is 1.43 bits per heavy atom. The Balaban J connectivity index is 1.56. The van der Waals surface area contributed by atoms with E-state index in [0.29, 0.717) is 12.5 Å². The third-order valence-electron chi connectivity index (χ3n) is 5.46. The first-order chi connectivity index (χ1) is 13.6. The minimum atomic E-state index is 0.228. The second-order valence-electron chi connectivity index (χ2n) is 7.48. The fourth-order valence-electron chi connectivity index (χ4n) is 3.93. The molecule has 1 aromatic heterocycles. The van der Waals surface area contributed by atoms with Crippen LogP contribution < -0.4 is 10.6 Å². The van der Waals surface area contributed by atoms with Gasteiger partial charge in [0.2, 0.25) is 5.91 Å². The molecule has 0 spiro atoms. The molecular weight excluding hydrogens is 374 g/mol. The van der Waals surface area contributed by atoms with Crippen molar-refractivity contribution in [1.82, 2.24) is 20.4 Å². The molecule has 0 radical (unpaired) electrons. The van der Waals surface area contributed by atoms with E-state index in [1.807, 2.05) is 11.8 Å². The van der Waals surface area contributed by atoms with Crippen molar-refractivity contribution in [3.8, 4) is 0 Å². The van der Waals surface area contributed by atoms with Crippen LogP contribution in [-0.4, -0.2) is 80.2 Å². The second kappa shape index (κ2) is 10.2. The number of hydrogen-bond acceptors (Lipinski definition) is 5. The summed E-state index contributed by atoms with van der Waals surface area (Å²) in [7, 11) is 1.80. The molecule has 0 aromatic carbocycles. The highest BCUT2D eigenvalue weighted by molar-refractivity contribution is 7.10. The standard InChI is InChI=1S/C20H33N5O2S/c1-4-19(26)25-8-7-16(14-25)23-20(21-3)22-12-17(18-6-5-11-28-18)24-9-10-27-15(2)13-24/h5-6,11,15-17H,4,7-10,12-14H2,1-3H3,(H2,21,22,23). The Hall–Kier alpha value is -1.64. The molecule has 2 N–H and O–H groups in total. The molecule has 3 heterocycles. The number of thiophene rings is 1. The molecule has 2 aliphatic heterocycles. The number of morpholine rings is 1. The molecule has 156 valence electrons. The van der Waals surface area contributed by atoms with E-state index in [1.54, 1.807) is 18.4 Å². The highest BCUT2D eigenvalue weighted by atomic mass is 32.1. The summed E-state index contributed by atoms with van der Waals surface area (Å²) in [6, 6.07) is 4.87. The monoisotopic (exact) mass is 407 g/mol. The number of carbonyl (C=O) groups is 1. The molecule has 0 bridgehead atoms. The Labute approximate surface area is 172 Å². The summed E-state index contributed by atoms with van der Waals surface area (Å²) in [4.78, 5) is 22.1. The van der Waals surface area contributed by atoms with E-state index < -0.39 is 0 Å². The van der Waals surface area contributed by atoms with Gasteiger partial charge in [-0.25, -0.2) is 0 Å². The fourth-order valence-corrected chi connectivity index (χ4v) is 4.79. The van der Waals surface area contributed by atoms with Crippen LogP contribution in [0, 0.1) is 0 Å².